The van der Waals surface area contributed by atoms with Crippen LogP contribution in [-0.4, -0.2) is 32.6 Å². The quantitative estimate of drug-likeness (QED) is 0.427. The molecule has 1 aromatic heterocycles. The molecule has 0 fully saturated rings. The zero-order valence-electron chi connectivity index (χ0n) is 17.8. The zero-order chi connectivity index (χ0) is 22.7. The van der Waals surface area contributed by atoms with Gasteiger partial charge in [0.1, 0.15) is 11.5 Å². The summed E-state index contributed by atoms with van der Waals surface area (Å²) >= 11 is 0. The maximum atomic E-state index is 13.0. The summed E-state index contributed by atoms with van der Waals surface area (Å²) in [5, 5.41) is 3.17. The first kappa shape index (κ1) is 21.4. The molecule has 9 heteroatoms. The second-order valence-corrected chi connectivity index (χ2v) is 8.70. The Bertz CT molecular complexity index is 1370. The lowest BCUT2D eigenvalue weighted by molar-refractivity contribution is 0.414. The molecule has 164 valence electrons. The molecule has 0 aliphatic carbocycles. The molecule has 0 aliphatic heterocycles. The number of fused-ring (bicyclic) bond motifs is 1. The van der Waals surface area contributed by atoms with E-state index in [-0.39, 0.29) is 16.5 Å². The van der Waals surface area contributed by atoms with Crippen LogP contribution in [0.1, 0.15) is 5.56 Å². The fourth-order valence-electron chi connectivity index (χ4n) is 3.15. The molecule has 8 nitrogen and oxygen atoms in total. The number of aryl methyl sites for hydroxylation is 1. The Labute approximate surface area is 186 Å². The second-order valence-electron chi connectivity index (χ2n) is 7.02. The average Bonchev–Trinajstić information content (AvgIpc) is 2.79. The number of para-hydroxylation sites is 2. The van der Waals surface area contributed by atoms with Gasteiger partial charge in [-0.2, -0.15) is 0 Å². The van der Waals surface area contributed by atoms with Crippen LogP contribution in [0.4, 0.5) is 17.3 Å². The van der Waals surface area contributed by atoms with Crippen LogP contribution in [0, 0.1) is 6.92 Å². The number of rotatable bonds is 7. The minimum Gasteiger partial charge on any atom is -0.497 e. The number of hydrogen-bond acceptors (Lipinski definition) is 7. The van der Waals surface area contributed by atoms with Crippen molar-refractivity contribution in [2.24, 2.45) is 0 Å². The molecule has 0 atom stereocenters. The Hall–Kier alpha value is -3.85. The van der Waals surface area contributed by atoms with E-state index in [1.165, 1.54) is 19.2 Å². The zero-order valence-corrected chi connectivity index (χ0v) is 18.6. The van der Waals surface area contributed by atoms with Crippen molar-refractivity contribution >= 4 is 38.4 Å². The third kappa shape index (κ3) is 4.42. The molecular formula is C23H22N4O4S. The van der Waals surface area contributed by atoms with Gasteiger partial charge < -0.3 is 14.8 Å². The molecule has 4 rings (SSSR count). The fourth-order valence-corrected chi connectivity index (χ4v) is 4.16. The van der Waals surface area contributed by atoms with Crippen molar-refractivity contribution in [2.75, 3.05) is 24.3 Å². The van der Waals surface area contributed by atoms with Crippen LogP contribution in [0.2, 0.25) is 0 Å². The Kier molecular flexibility index (Phi) is 5.83. The highest BCUT2D eigenvalue weighted by molar-refractivity contribution is 7.92. The molecule has 1 heterocycles. The van der Waals surface area contributed by atoms with Crippen LogP contribution in [0.5, 0.6) is 11.5 Å². The van der Waals surface area contributed by atoms with Crippen LogP contribution in [-0.2, 0) is 10.0 Å². The van der Waals surface area contributed by atoms with Gasteiger partial charge in [0.15, 0.2) is 11.6 Å². The predicted molar refractivity (Wildman–Crippen MR) is 124 cm³/mol. The number of hydrogen-bond donors (Lipinski definition) is 2. The lowest BCUT2D eigenvalue weighted by Crippen LogP contribution is -2.16. The predicted octanol–water partition coefficient (Wildman–Crippen LogP) is 4.50. The molecule has 2 N–H and O–H groups in total. The molecule has 0 radical (unpaired) electrons. The van der Waals surface area contributed by atoms with Crippen LogP contribution >= 0.6 is 0 Å². The van der Waals surface area contributed by atoms with Gasteiger partial charge in [-0.1, -0.05) is 18.2 Å². The van der Waals surface area contributed by atoms with Crippen molar-refractivity contribution in [2.45, 2.75) is 11.8 Å². The standard InChI is InChI=1S/C23H22N4O4S/c1-15-8-13-21(31-3)20(14-15)26-22-23(25-19-7-5-4-6-18(19)24-22)27-32(28,29)17-11-9-16(30-2)10-12-17/h4-14H,1-3H3,(H,24,26)(H,25,27). The molecule has 0 amide bonds. The smallest absolute Gasteiger partial charge is 0.263 e. The minimum absolute atomic E-state index is 0.0723. The Morgan fingerprint density at radius 2 is 1.47 bits per heavy atom. The van der Waals surface area contributed by atoms with E-state index in [1.807, 2.05) is 43.3 Å². The highest BCUT2D eigenvalue weighted by Gasteiger charge is 2.20. The summed E-state index contributed by atoms with van der Waals surface area (Å²) in [7, 11) is -0.842. The molecule has 0 aliphatic rings. The van der Waals surface area contributed by atoms with Crippen molar-refractivity contribution in [1.82, 2.24) is 9.97 Å². The lowest BCUT2D eigenvalue weighted by Gasteiger charge is -2.16. The number of anilines is 3. The number of benzene rings is 3. The van der Waals surface area contributed by atoms with Gasteiger partial charge in [-0.15, -0.1) is 0 Å². The van der Waals surface area contributed by atoms with Crippen molar-refractivity contribution in [3.63, 3.8) is 0 Å². The lowest BCUT2D eigenvalue weighted by atomic mass is 10.2. The maximum absolute atomic E-state index is 13.0. The van der Waals surface area contributed by atoms with Gasteiger partial charge in [0.25, 0.3) is 10.0 Å². The van der Waals surface area contributed by atoms with Crippen LogP contribution in [0.25, 0.3) is 11.0 Å². The van der Waals surface area contributed by atoms with E-state index in [9.17, 15) is 8.42 Å². The van der Waals surface area contributed by atoms with Gasteiger partial charge in [-0.05, 0) is 61.0 Å². The minimum atomic E-state index is -3.92. The highest BCUT2D eigenvalue weighted by atomic mass is 32.2. The first-order chi connectivity index (χ1) is 15.4. The summed E-state index contributed by atoms with van der Waals surface area (Å²) in [5.74, 6) is 1.48. The van der Waals surface area contributed by atoms with Crippen LogP contribution < -0.4 is 19.5 Å². The number of nitrogens with one attached hydrogen (secondary N) is 2. The molecule has 0 unspecified atom stereocenters. The van der Waals surface area contributed by atoms with Gasteiger partial charge in [0.2, 0.25) is 0 Å². The molecule has 3 aromatic carbocycles. The first-order valence-corrected chi connectivity index (χ1v) is 11.2. The number of aromatic nitrogens is 2. The molecule has 0 saturated heterocycles. The summed E-state index contributed by atoms with van der Waals surface area (Å²) in [4.78, 5) is 9.19. The number of methoxy groups -OCH3 is 2. The average molecular weight is 451 g/mol. The topological polar surface area (TPSA) is 102 Å². The Morgan fingerprint density at radius 3 is 2.09 bits per heavy atom. The first-order valence-electron chi connectivity index (χ1n) is 9.75. The third-order valence-corrected chi connectivity index (χ3v) is 6.13. The second kappa shape index (κ2) is 8.72. The van der Waals surface area contributed by atoms with Crippen molar-refractivity contribution in [1.29, 1.82) is 0 Å². The summed E-state index contributed by atoms with van der Waals surface area (Å²) in [5.41, 5.74) is 2.82. The van der Waals surface area contributed by atoms with E-state index in [0.29, 0.717) is 28.2 Å². The monoisotopic (exact) mass is 450 g/mol. The molecular weight excluding hydrogens is 428 g/mol. The van der Waals surface area contributed by atoms with Gasteiger partial charge in [-0.3, -0.25) is 4.72 Å². The molecule has 32 heavy (non-hydrogen) atoms. The summed E-state index contributed by atoms with van der Waals surface area (Å²) in [6.07, 6.45) is 0. The Morgan fingerprint density at radius 1 is 0.812 bits per heavy atom. The Balaban J connectivity index is 1.78. The molecule has 0 saturated carbocycles. The molecule has 4 aromatic rings. The number of ether oxygens (including phenoxy) is 2. The van der Waals surface area contributed by atoms with Crippen LogP contribution in [0.15, 0.2) is 71.6 Å². The van der Waals surface area contributed by atoms with Gasteiger partial charge in [-0.25, -0.2) is 18.4 Å². The van der Waals surface area contributed by atoms with E-state index in [2.05, 4.69) is 20.0 Å². The van der Waals surface area contributed by atoms with Crippen molar-refractivity contribution in [3.8, 4) is 11.5 Å². The summed E-state index contributed by atoms with van der Waals surface area (Å²) < 4.78 is 39.2. The van der Waals surface area contributed by atoms with Crippen LogP contribution in [0.3, 0.4) is 0 Å². The van der Waals surface area contributed by atoms with Crippen molar-refractivity contribution < 1.29 is 17.9 Å². The van der Waals surface area contributed by atoms with Crippen molar-refractivity contribution in [3.05, 3.63) is 72.3 Å². The van der Waals surface area contributed by atoms with E-state index in [0.717, 1.165) is 5.56 Å². The van der Waals surface area contributed by atoms with E-state index < -0.39 is 10.0 Å². The summed E-state index contributed by atoms with van der Waals surface area (Å²) in [6, 6.07) is 19.0. The van der Waals surface area contributed by atoms with Gasteiger partial charge in [0, 0.05) is 0 Å². The summed E-state index contributed by atoms with van der Waals surface area (Å²) in [6.45, 7) is 1.95. The number of sulfonamides is 1. The van der Waals surface area contributed by atoms with E-state index in [1.54, 1.807) is 25.3 Å². The number of nitrogens with zero attached hydrogens (tertiary/aromatic N) is 2. The fraction of sp³-hybridized carbons (Fsp3) is 0.130. The SMILES string of the molecule is COc1ccc(S(=O)(=O)Nc2nc3ccccc3nc2Nc2cc(C)ccc2OC)cc1. The normalized spacial score (nSPS) is 11.2. The van der Waals surface area contributed by atoms with E-state index >= 15 is 0 Å². The highest BCUT2D eigenvalue weighted by Crippen LogP contribution is 2.32. The van der Waals surface area contributed by atoms with Gasteiger partial charge in [0.05, 0.1) is 35.8 Å². The van der Waals surface area contributed by atoms with Gasteiger partial charge >= 0.3 is 0 Å². The third-order valence-electron chi connectivity index (χ3n) is 4.78. The molecule has 0 spiro atoms. The largest absolute Gasteiger partial charge is 0.497 e. The maximum Gasteiger partial charge on any atom is 0.263 e. The van der Waals surface area contributed by atoms with E-state index in [4.69, 9.17) is 9.47 Å². The molecule has 0 bridgehead atoms.